The van der Waals surface area contributed by atoms with Crippen LogP contribution in [0.3, 0.4) is 0 Å². The van der Waals surface area contributed by atoms with E-state index in [-0.39, 0.29) is 5.91 Å². The van der Waals surface area contributed by atoms with Crippen LogP contribution in [0, 0.1) is 19.8 Å². The normalized spacial score (nSPS) is 24.0. The van der Waals surface area contributed by atoms with Gasteiger partial charge in [0, 0.05) is 18.8 Å². The van der Waals surface area contributed by atoms with Crippen LogP contribution >= 0.6 is 0 Å². The highest BCUT2D eigenvalue weighted by atomic mass is 16.1. The number of aromatic nitrogens is 2. The Morgan fingerprint density at radius 3 is 2.56 bits per heavy atom. The van der Waals surface area contributed by atoms with Crippen molar-refractivity contribution in [1.29, 1.82) is 0 Å². The van der Waals surface area contributed by atoms with Gasteiger partial charge in [-0.3, -0.25) is 9.48 Å². The summed E-state index contributed by atoms with van der Waals surface area (Å²) in [7, 11) is 1.88. The monoisotopic (exact) mass is 249 g/mol. The van der Waals surface area contributed by atoms with Crippen molar-refractivity contribution in [3.63, 3.8) is 0 Å². The molecule has 0 aliphatic heterocycles. The lowest BCUT2D eigenvalue weighted by atomic mass is 9.86. The molecule has 1 aliphatic rings. The van der Waals surface area contributed by atoms with Crippen LogP contribution in [-0.2, 0) is 7.05 Å². The van der Waals surface area contributed by atoms with Crippen LogP contribution in [-0.4, -0.2) is 21.7 Å². The summed E-state index contributed by atoms with van der Waals surface area (Å²) in [5, 5.41) is 7.49. The zero-order chi connectivity index (χ0) is 13.3. The summed E-state index contributed by atoms with van der Waals surface area (Å²) in [6.07, 6.45) is 4.83. The highest BCUT2D eigenvalue weighted by molar-refractivity contribution is 5.96. The molecule has 0 radical (unpaired) electrons. The Kier molecular flexibility index (Phi) is 3.73. The summed E-state index contributed by atoms with van der Waals surface area (Å²) < 4.78 is 1.77. The zero-order valence-corrected chi connectivity index (χ0v) is 11.8. The smallest absolute Gasteiger partial charge is 0.255 e. The van der Waals surface area contributed by atoms with Crippen molar-refractivity contribution < 1.29 is 4.79 Å². The van der Waals surface area contributed by atoms with E-state index in [1.54, 1.807) is 4.68 Å². The van der Waals surface area contributed by atoms with E-state index < -0.39 is 0 Å². The van der Waals surface area contributed by atoms with E-state index in [1.807, 2.05) is 20.9 Å². The van der Waals surface area contributed by atoms with Gasteiger partial charge in [0.15, 0.2) is 0 Å². The molecule has 2 rings (SSSR count). The Bertz CT molecular complexity index is 450. The van der Waals surface area contributed by atoms with Gasteiger partial charge in [0.2, 0.25) is 0 Å². The molecule has 1 aromatic rings. The molecule has 1 aromatic heterocycles. The maximum Gasteiger partial charge on any atom is 0.255 e. The van der Waals surface area contributed by atoms with Crippen LogP contribution in [0.25, 0.3) is 0 Å². The van der Waals surface area contributed by atoms with Gasteiger partial charge in [-0.2, -0.15) is 5.10 Å². The van der Waals surface area contributed by atoms with Gasteiger partial charge in [0.25, 0.3) is 5.91 Å². The Labute approximate surface area is 109 Å². The zero-order valence-electron chi connectivity index (χ0n) is 11.8. The third-order valence-corrected chi connectivity index (χ3v) is 4.16. The molecule has 1 saturated carbocycles. The minimum absolute atomic E-state index is 0.0387. The molecule has 1 amide bonds. The number of nitrogens with one attached hydrogen (secondary N) is 1. The van der Waals surface area contributed by atoms with Crippen LogP contribution in [0.15, 0.2) is 0 Å². The molecule has 0 bridgehead atoms. The third kappa shape index (κ3) is 2.42. The minimum Gasteiger partial charge on any atom is -0.349 e. The predicted octanol–water partition coefficient (Wildman–Crippen LogP) is 2.35. The quantitative estimate of drug-likeness (QED) is 0.874. The molecule has 1 aliphatic carbocycles. The second-order valence-electron chi connectivity index (χ2n) is 5.51. The molecule has 4 heteroatoms. The Morgan fingerprint density at radius 2 is 2.00 bits per heavy atom. The van der Waals surface area contributed by atoms with Crippen molar-refractivity contribution in [3.8, 4) is 0 Å². The van der Waals surface area contributed by atoms with Gasteiger partial charge < -0.3 is 5.32 Å². The van der Waals surface area contributed by atoms with Gasteiger partial charge in [-0.25, -0.2) is 0 Å². The SMILES string of the molecule is Cc1nn(C)c(C)c1C(=O)N[C@H]1CCCC[C@@H]1C. The standard InChI is InChI=1S/C14H23N3O/c1-9-7-5-6-8-12(9)15-14(18)13-10(2)16-17(4)11(13)3/h9,12H,5-8H2,1-4H3,(H,15,18)/t9-,12-/m0/s1. The first-order valence-corrected chi connectivity index (χ1v) is 6.81. The second-order valence-corrected chi connectivity index (χ2v) is 5.51. The van der Waals surface area contributed by atoms with Crippen molar-refractivity contribution in [2.24, 2.45) is 13.0 Å². The first kappa shape index (κ1) is 13.1. The summed E-state index contributed by atoms with van der Waals surface area (Å²) >= 11 is 0. The first-order valence-electron chi connectivity index (χ1n) is 6.81. The van der Waals surface area contributed by atoms with Gasteiger partial charge in [0.05, 0.1) is 11.3 Å². The first-order chi connectivity index (χ1) is 8.50. The molecule has 1 fully saturated rings. The fourth-order valence-electron chi connectivity index (χ4n) is 2.87. The summed E-state index contributed by atoms with van der Waals surface area (Å²) in [5.74, 6) is 0.622. The molecule has 4 nitrogen and oxygen atoms in total. The number of nitrogens with zero attached hydrogens (tertiary/aromatic N) is 2. The van der Waals surface area contributed by atoms with Crippen molar-refractivity contribution in [1.82, 2.24) is 15.1 Å². The summed E-state index contributed by atoms with van der Waals surface area (Å²) in [6.45, 7) is 6.07. The van der Waals surface area contributed by atoms with Crippen molar-refractivity contribution >= 4 is 5.91 Å². The van der Waals surface area contributed by atoms with E-state index >= 15 is 0 Å². The minimum atomic E-state index is 0.0387. The molecule has 100 valence electrons. The fraction of sp³-hybridized carbons (Fsp3) is 0.714. The lowest BCUT2D eigenvalue weighted by Crippen LogP contribution is -2.41. The number of rotatable bonds is 2. The molecule has 18 heavy (non-hydrogen) atoms. The molecule has 2 atom stereocenters. The number of aryl methyl sites for hydroxylation is 2. The lowest BCUT2D eigenvalue weighted by molar-refractivity contribution is 0.0909. The molecule has 0 aromatic carbocycles. The maximum atomic E-state index is 12.3. The average molecular weight is 249 g/mol. The number of hydrogen-bond donors (Lipinski definition) is 1. The van der Waals surface area contributed by atoms with Crippen LogP contribution in [0.2, 0.25) is 0 Å². The van der Waals surface area contributed by atoms with Crippen LogP contribution in [0.4, 0.5) is 0 Å². The van der Waals surface area contributed by atoms with Crippen molar-refractivity contribution in [2.45, 2.75) is 52.5 Å². The number of amides is 1. The van der Waals surface area contributed by atoms with Crippen LogP contribution in [0.1, 0.15) is 54.4 Å². The maximum absolute atomic E-state index is 12.3. The third-order valence-electron chi connectivity index (χ3n) is 4.16. The Hall–Kier alpha value is -1.32. The number of hydrogen-bond acceptors (Lipinski definition) is 2. The second kappa shape index (κ2) is 5.12. The van der Waals surface area contributed by atoms with Crippen molar-refractivity contribution in [3.05, 3.63) is 17.0 Å². The van der Waals surface area contributed by atoms with Gasteiger partial charge in [-0.15, -0.1) is 0 Å². The largest absolute Gasteiger partial charge is 0.349 e. The molecule has 0 saturated heterocycles. The Morgan fingerprint density at radius 1 is 1.33 bits per heavy atom. The van der Waals surface area contributed by atoms with Gasteiger partial charge in [-0.05, 0) is 32.6 Å². The van der Waals surface area contributed by atoms with E-state index in [4.69, 9.17) is 0 Å². The highest BCUT2D eigenvalue weighted by Crippen LogP contribution is 2.24. The summed E-state index contributed by atoms with van der Waals surface area (Å²) in [5.41, 5.74) is 2.50. The fourth-order valence-corrected chi connectivity index (χ4v) is 2.87. The molecular formula is C14H23N3O. The topological polar surface area (TPSA) is 46.9 Å². The van der Waals surface area contributed by atoms with Crippen LogP contribution in [0.5, 0.6) is 0 Å². The van der Waals surface area contributed by atoms with Crippen LogP contribution < -0.4 is 5.32 Å². The summed E-state index contributed by atoms with van der Waals surface area (Å²) in [4.78, 5) is 12.3. The highest BCUT2D eigenvalue weighted by Gasteiger charge is 2.25. The van der Waals surface area contributed by atoms with E-state index in [9.17, 15) is 4.79 Å². The Balaban J connectivity index is 2.12. The van der Waals surface area contributed by atoms with Gasteiger partial charge in [0.1, 0.15) is 0 Å². The molecule has 1 heterocycles. The molecule has 0 unspecified atom stereocenters. The summed E-state index contributed by atoms with van der Waals surface area (Å²) in [6, 6.07) is 0.324. The van der Waals surface area contributed by atoms with E-state index in [1.165, 1.54) is 19.3 Å². The van der Waals surface area contributed by atoms with Gasteiger partial charge >= 0.3 is 0 Å². The molecule has 1 N–H and O–H groups in total. The number of carbonyl (C=O) groups excluding carboxylic acids is 1. The van der Waals surface area contributed by atoms with Crippen molar-refractivity contribution in [2.75, 3.05) is 0 Å². The lowest BCUT2D eigenvalue weighted by Gasteiger charge is -2.29. The van der Waals surface area contributed by atoms with Gasteiger partial charge in [-0.1, -0.05) is 19.8 Å². The molecule has 0 spiro atoms. The average Bonchev–Trinajstić information content (AvgIpc) is 2.56. The van der Waals surface area contributed by atoms with E-state index in [0.717, 1.165) is 23.4 Å². The predicted molar refractivity (Wildman–Crippen MR) is 71.6 cm³/mol. The molecular weight excluding hydrogens is 226 g/mol. The number of carbonyl (C=O) groups is 1. The van der Waals surface area contributed by atoms with E-state index in [2.05, 4.69) is 17.3 Å². The van der Waals surface area contributed by atoms with E-state index in [0.29, 0.717) is 12.0 Å².